The molecule has 0 aliphatic carbocycles. The van der Waals surface area contributed by atoms with Crippen LogP contribution in [0, 0.1) is 5.41 Å². The Kier molecular flexibility index (Phi) is 2.80. The molecule has 2 aromatic rings. The third-order valence-corrected chi connectivity index (χ3v) is 3.69. The van der Waals surface area contributed by atoms with Gasteiger partial charge in [-0.25, -0.2) is 4.98 Å². The third kappa shape index (κ3) is 2.22. The highest BCUT2D eigenvalue weighted by molar-refractivity contribution is 5.84. The molecule has 2 aromatic heterocycles. The highest BCUT2D eigenvalue weighted by Crippen LogP contribution is 2.33. The summed E-state index contributed by atoms with van der Waals surface area (Å²) < 4.78 is 0. The van der Waals surface area contributed by atoms with Crippen LogP contribution in [-0.2, 0) is 0 Å². The van der Waals surface area contributed by atoms with E-state index in [0.29, 0.717) is 11.4 Å². The molecule has 0 radical (unpaired) electrons. The monoisotopic (exact) mass is 260 g/mol. The number of piperidine rings is 1. The Hall–Kier alpha value is -1.85. The first kappa shape index (κ1) is 12.2. The predicted octanol–water partition coefficient (Wildman–Crippen LogP) is 2.02. The largest absolute Gasteiger partial charge is 0.357 e. The van der Waals surface area contributed by atoms with Crippen molar-refractivity contribution >= 4 is 22.9 Å². The molecule has 3 heterocycles. The molecule has 0 atom stereocenters. The van der Waals surface area contributed by atoms with Crippen molar-refractivity contribution in [3.05, 3.63) is 6.33 Å². The Bertz CT molecular complexity index is 588. The molecule has 1 fully saturated rings. The summed E-state index contributed by atoms with van der Waals surface area (Å²) in [5.74, 6) is 1.58. The van der Waals surface area contributed by atoms with Crippen LogP contribution >= 0.6 is 0 Å². The lowest BCUT2D eigenvalue weighted by Gasteiger charge is -2.38. The molecule has 6 heteroatoms. The molecule has 102 valence electrons. The number of aromatic amines is 1. The number of nitrogens with zero attached hydrogens (tertiary/aromatic N) is 4. The molecule has 1 saturated heterocycles. The van der Waals surface area contributed by atoms with Gasteiger partial charge in [-0.15, -0.1) is 0 Å². The van der Waals surface area contributed by atoms with E-state index in [0.717, 1.165) is 30.1 Å². The summed E-state index contributed by atoms with van der Waals surface area (Å²) in [7, 11) is 1.83. The van der Waals surface area contributed by atoms with Crippen molar-refractivity contribution in [2.45, 2.75) is 26.7 Å². The summed E-state index contributed by atoms with van der Waals surface area (Å²) in [4.78, 5) is 18.7. The van der Waals surface area contributed by atoms with Crippen molar-refractivity contribution in [1.82, 2.24) is 19.9 Å². The molecule has 0 saturated carbocycles. The highest BCUT2D eigenvalue weighted by atomic mass is 15.3. The van der Waals surface area contributed by atoms with Crippen molar-refractivity contribution in [3.8, 4) is 0 Å². The average molecular weight is 260 g/mol. The van der Waals surface area contributed by atoms with E-state index in [1.54, 1.807) is 6.33 Å². The fourth-order valence-electron chi connectivity index (χ4n) is 2.76. The molecule has 3 rings (SSSR count). The van der Waals surface area contributed by atoms with E-state index in [1.165, 1.54) is 12.8 Å². The highest BCUT2D eigenvalue weighted by Gasteiger charge is 2.28. The van der Waals surface area contributed by atoms with Crippen LogP contribution in [0.15, 0.2) is 6.33 Å². The minimum atomic E-state index is 0.329. The zero-order chi connectivity index (χ0) is 13.5. The summed E-state index contributed by atoms with van der Waals surface area (Å²) in [6.45, 7) is 6.67. The first-order valence-electron chi connectivity index (χ1n) is 6.73. The van der Waals surface area contributed by atoms with Crippen LogP contribution in [0.2, 0.25) is 0 Å². The van der Waals surface area contributed by atoms with Gasteiger partial charge >= 0.3 is 0 Å². The Morgan fingerprint density at radius 1 is 1.37 bits per heavy atom. The smallest absolute Gasteiger partial charge is 0.226 e. The summed E-state index contributed by atoms with van der Waals surface area (Å²) in [5.41, 5.74) is 1.98. The molecular weight excluding hydrogens is 240 g/mol. The first-order valence-corrected chi connectivity index (χ1v) is 6.73. The van der Waals surface area contributed by atoms with Crippen LogP contribution in [0.4, 0.5) is 11.8 Å². The molecule has 1 aliphatic rings. The van der Waals surface area contributed by atoms with Crippen LogP contribution < -0.4 is 10.2 Å². The second kappa shape index (κ2) is 4.36. The molecule has 0 amide bonds. The second-order valence-corrected chi connectivity index (χ2v) is 5.91. The Balaban J connectivity index is 2.05. The normalized spacial score (nSPS) is 18.8. The lowest BCUT2D eigenvalue weighted by atomic mass is 9.84. The number of hydrogen-bond acceptors (Lipinski definition) is 5. The summed E-state index contributed by atoms with van der Waals surface area (Å²) in [6, 6.07) is 0. The van der Waals surface area contributed by atoms with Crippen molar-refractivity contribution in [3.63, 3.8) is 0 Å². The summed E-state index contributed by atoms with van der Waals surface area (Å²) >= 11 is 0. The molecule has 6 nitrogen and oxygen atoms in total. The fraction of sp³-hybridized carbons (Fsp3) is 0.615. The van der Waals surface area contributed by atoms with Crippen LogP contribution in [0.5, 0.6) is 0 Å². The van der Waals surface area contributed by atoms with E-state index < -0.39 is 0 Å². The molecule has 19 heavy (non-hydrogen) atoms. The topological polar surface area (TPSA) is 69.7 Å². The van der Waals surface area contributed by atoms with E-state index in [-0.39, 0.29) is 0 Å². The predicted molar refractivity (Wildman–Crippen MR) is 76.5 cm³/mol. The quantitative estimate of drug-likeness (QED) is 0.864. The minimum absolute atomic E-state index is 0.329. The molecule has 0 aromatic carbocycles. The number of hydrogen-bond donors (Lipinski definition) is 2. The minimum Gasteiger partial charge on any atom is -0.357 e. The number of nitrogens with one attached hydrogen (secondary N) is 2. The maximum Gasteiger partial charge on any atom is 0.226 e. The van der Waals surface area contributed by atoms with Gasteiger partial charge in [-0.2, -0.15) is 9.97 Å². The van der Waals surface area contributed by atoms with Gasteiger partial charge in [0, 0.05) is 20.1 Å². The number of H-pyrrole nitrogens is 1. The first-order chi connectivity index (χ1) is 9.09. The van der Waals surface area contributed by atoms with Gasteiger partial charge in [0.1, 0.15) is 5.52 Å². The van der Waals surface area contributed by atoms with Crippen molar-refractivity contribution in [1.29, 1.82) is 0 Å². The van der Waals surface area contributed by atoms with Gasteiger partial charge in [-0.3, -0.25) is 0 Å². The lowest BCUT2D eigenvalue weighted by molar-refractivity contribution is 0.292. The van der Waals surface area contributed by atoms with E-state index >= 15 is 0 Å². The second-order valence-electron chi connectivity index (χ2n) is 5.91. The molecule has 0 spiro atoms. The van der Waals surface area contributed by atoms with E-state index in [2.05, 4.69) is 44.0 Å². The van der Waals surface area contributed by atoms with Gasteiger partial charge < -0.3 is 15.2 Å². The van der Waals surface area contributed by atoms with E-state index in [9.17, 15) is 0 Å². The standard InChI is InChI=1S/C13H20N6/c1-13(2)5-4-6-19(7-13)11-9-10(16-8-15-9)17-12(14-3)18-11/h8H,4-7H2,1-3H3,(H2,14,15,16,17,18). The number of anilines is 2. The van der Waals surface area contributed by atoms with Gasteiger partial charge in [0.05, 0.1) is 6.33 Å². The SMILES string of the molecule is CNc1nc(N2CCCC(C)(C)C2)c2[nH]cnc2n1. The van der Waals surface area contributed by atoms with Crippen LogP contribution in [-0.4, -0.2) is 40.1 Å². The van der Waals surface area contributed by atoms with E-state index in [1.807, 2.05) is 7.05 Å². The van der Waals surface area contributed by atoms with Gasteiger partial charge in [-0.05, 0) is 18.3 Å². The number of rotatable bonds is 2. The third-order valence-electron chi connectivity index (χ3n) is 3.69. The molecule has 1 aliphatic heterocycles. The summed E-state index contributed by atoms with van der Waals surface area (Å²) in [5, 5.41) is 3.01. The number of aromatic nitrogens is 4. The van der Waals surface area contributed by atoms with Gasteiger partial charge in [0.15, 0.2) is 11.5 Å². The van der Waals surface area contributed by atoms with Crippen LogP contribution in [0.1, 0.15) is 26.7 Å². The van der Waals surface area contributed by atoms with Crippen molar-refractivity contribution < 1.29 is 0 Å². The van der Waals surface area contributed by atoms with Crippen LogP contribution in [0.25, 0.3) is 11.2 Å². The zero-order valence-electron chi connectivity index (χ0n) is 11.7. The van der Waals surface area contributed by atoms with E-state index in [4.69, 9.17) is 0 Å². The fourth-order valence-corrected chi connectivity index (χ4v) is 2.76. The van der Waals surface area contributed by atoms with Crippen molar-refractivity contribution in [2.75, 3.05) is 30.4 Å². The molecule has 0 bridgehead atoms. The van der Waals surface area contributed by atoms with Crippen molar-refractivity contribution in [2.24, 2.45) is 5.41 Å². The van der Waals surface area contributed by atoms with Gasteiger partial charge in [0.25, 0.3) is 0 Å². The Morgan fingerprint density at radius 2 is 2.21 bits per heavy atom. The summed E-state index contributed by atoms with van der Waals surface area (Å²) in [6.07, 6.45) is 4.14. The lowest BCUT2D eigenvalue weighted by Crippen LogP contribution is -2.40. The number of fused-ring (bicyclic) bond motifs is 1. The Labute approximate surface area is 112 Å². The van der Waals surface area contributed by atoms with Gasteiger partial charge in [-0.1, -0.05) is 13.8 Å². The molecule has 2 N–H and O–H groups in total. The number of imidazole rings is 1. The molecular formula is C13H20N6. The van der Waals surface area contributed by atoms with Crippen LogP contribution in [0.3, 0.4) is 0 Å². The Morgan fingerprint density at radius 3 is 2.95 bits per heavy atom. The zero-order valence-corrected chi connectivity index (χ0v) is 11.7. The van der Waals surface area contributed by atoms with Gasteiger partial charge in [0.2, 0.25) is 5.95 Å². The maximum absolute atomic E-state index is 4.61. The molecule has 0 unspecified atom stereocenters. The maximum atomic E-state index is 4.61. The average Bonchev–Trinajstić information content (AvgIpc) is 2.84.